The molecule has 4 rings (SSSR count). The van der Waals surface area contributed by atoms with Crippen LogP contribution in [0.2, 0.25) is 0 Å². The van der Waals surface area contributed by atoms with Gasteiger partial charge in [-0.15, -0.1) is 0 Å². The summed E-state index contributed by atoms with van der Waals surface area (Å²) in [5.74, 6) is -0.969. The van der Waals surface area contributed by atoms with Crippen LogP contribution in [-0.2, 0) is 21.4 Å². The normalized spacial score (nSPS) is 18.4. The second-order valence-corrected chi connectivity index (χ2v) is 13.1. The predicted octanol–water partition coefficient (Wildman–Crippen LogP) is 5.87. The minimum Gasteiger partial charge on any atom is -0.465 e. The van der Waals surface area contributed by atoms with Crippen molar-refractivity contribution in [3.05, 3.63) is 101 Å². The number of carbonyl (C=O) groups is 2. The summed E-state index contributed by atoms with van der Waals surface area (Å²) in [7, 11) is -4.53. The minimum absolute atomic E-state index is 0.0440. The molecule has 0 radical (unpaired) electrons. The Morgan fingerprint density at radius 2 is 1.51 bits per heavy atom. The summed E-state index contributed by atoms with van der Waals surface area (Å²) in [5, 5.41) is 0. The van der Waals surface area contributed by atoms with Crippen LogP contribution in [0.5, 0.6) is 5.75 Å². The van der Waals surface area contributed by atoms with Crippen LogP contribution in [0.25, 0.3) is 0 Å². The van der Waals surface area contributed by atoms with Gasteiger partial charge < -0.3 is 13.8 Å². The van der Waals surface area contributed by atoms with Crippen molar-refractivity contribution in [3.63, 3.8) is 0 Å². The Morgan fingerprint density at radius 3 is 2.09 bits per heavy atom. The van der Waals surface area contributed by atoms with Crippen molar-refractivity contribution in [3.8, 4) is 5.75 Å². The molecule has 3 aromatic rings. The van der Waals surface area contributed by atoms with Gasteiger partial charge in [0.05, 0.1) is 18.7 Å². The van der Waals surface area contributed by atoms with Crippen LogP contribution in [0.3, 0.4) is 0 Å². The summed E-state index contributed by atoms with van der Waals surface area (Å²) in [5.41, 5.74) is -2.27. The third-order valence-electron chi connectivity index (χ3n) is 8.44. The topological polar surface area (TPSA) is 96.5 Å². The van der Waals surface area contributed by atoms with E-state index in [1.165, 1.54) is 25.3 Å². The van der Waals surface area contributed by atoms with E-state index in [0.29, 0.717) is 49.4 Å². The number of nitrogens with zero attached hydrogens (tertiary/aromatic N) is 3. The van der Waals surface area contributed by atoms with E-state index in [1.54, 1.807) is 35.2 Å². The number of carbonyl (C=O) groups excluding carboxylic acids is 2. The van der Waals surface area contributed by atoms with Gasteiger partial charge in [0.15, 0.2) is 0 Å². The molecule has 0 N–H and O–H groups in total. The number of hydrogen-bond donors (Lipinski definition) is 0. The minimum atomic E-state index is -5.86. The van der Waals surface area contributed by atoms with Crippen LogP contribution in [-0.4, -0.2) is 85.9 Å². The van der Waals surface area contributed by atoms with Crippen LogP contribution >= 0.6 is 0 Å². The van der Waals surface area contributed by atoms with E-state index >= 15 is 0 Å². The molecule has 1 amide bonds. The van der Waals surface area contributed by atoms with Crippen LogP contribution in [0.4, 0.5) is 13.2 Å². The number of alkyl halides is 3. The Balaban J connectivity index is 1.66. The van der Waals surface area contributed by atoms with Crippen molar-refractivity contribution in [2.24, 2.45) is 0 Å². The molecule has 3 aromatic carbocycles. The number of esters is 1. The molecule has 254 valence electrons. The molecular weight excluding hydrogens is 635 g/mol. The quantitative estimate of drug-likeness (QED) is 0.142. The van der Waals surface area contributed by atoms with Crippen LogP contribution < -0.4 is 4.18 Å². The highest BCUT2D eigenvalue weighted by Gasteiger charge is 2.48. The molecule has 1 unspecified atom stereocenters. The third kappa shape index (κ3) is 8.32. The number of benzene rings is 3. The number of hydrogen-bond acceptors (Lipinski definition) is 8. The Labute approximate surface area is 274 Å². The number of rotatable bonds is 11. The fourth-order valence-corrected chi connectivity index (χ4v) is 6.34. The van der Waals surface area contributed by atoms with Crippen molar-refractivity contribution in [2.45, 2.75) is 57.9 Å². The number of amides is 1. The highest BCUT2D eigenvalue weighted by atomic mass is 32.2. The van der Waals surface area contributed by atoms with Gasteiger partial charge in [-0.05, 0) is 80.8 Å². The molecule has 1 aliphatic rings. The van der Waals surface area contributed by atoms with Crippen molar-refractivity contribution >= 4 is 22.0 Å². The highest BCUT2D eigenvalue weighted by molar-refractivity contribution is 7.88. The second kappa shape index (κ2) is 14.9. The predicted molar refractivity (Wildman–Crippen MR) is 171 cm³/mol. The lowest BCUT2D eigenvalue weighted by atomic mass is 9.92. The Hall–Kier alpha value is -3.94. The van der Waals surface area contributed by atoms with Crippen LogP contribution in [0.1, 0.15) is 71.1 Å². The molecule has 0 aromatic heterocycles. The highest BCUT2D eigenvalue weighted by Crippen LogP contribution is 2.36. The lowest BCUT2D eigenvalue weighted by Gasteiger charge is -2.47. The lowest BCUT2D eigenvalue weighted by Crippen LogP contribution is -2.56. The standard InChI is InChI=1S/C34H40F3N3O6S/c1-6-38(7-2)32(41)27-17-15-26(16-18-27)31(29-9-8-10-30(19-29)46-47(43,44)34(35,36)37)40-21-23(3)39(20-24(40)4)22-25-11-13-28(14-12-25)33(42)45-5/h8-19,23-24,31H,6-7,20-22H2,1-5H3/t23-,24+,31?/m1/s1. The molecular formula is C34H40F3N3O6S. The molecule has 0 spiro atoms. The maximum Gasteiger partial charge on any atom is 0.534 e. The molecule has 0 bridgehead atoms. The van der Waals surface area contributed by atoms with E-state index in [9.17, 15) is 31.2 Å². The zero-order valence-corrected chi connectivity index (χ0v) is 27.8. The van der Waals surface area contributed by atoms with Crippen LogP contribution in [0, 0.1) is 0 Å². The molecule has 9 nitrogen and oxygen atoms in total. The van der Waals surface area contributed by atoms with Gasteiger partial charge in [-0.3, -0.25) is 14.6 Å². The monoisotopic (exact) mass is 675 g/mol. The van der Waals surface area contributed by atoms with Crippen LogP contribution in [0.15, 0.2) is 72.8 Å². The first-order valence-corrected chi connectivity index (χ1v) is 16.8. The van der Waals surface area contributed by atoms with Gasteiger partial charge in [0, 0.05) is 50.4 Å². The summed E-state index contributed by atoms with van der Waals surface area (Å²) >= 11 is 0. The summed E-state index contributed by atoms with van der Waals surface area (Å²) in [4.78, 5) is 31.1. The Bertz CT molecular complexity index is 1640. The molecule has 1 aliphatic heterocycles. The largest absolute Gasteiger partial charge is 0.534 e. The summed E-state index contributed by atoms with van der Waals surface area (Å²) in [6.07, 6.45) is 0. The van der Waals surface area contributed by atoms with E-state index in [-0.39, 0.29) is 18.0 Å². The van der Waals surface area contributed by atoms with Gasteiger partial charge in [0.1, 0.15) is 5.75 Å². The van der Waals surface area contributed by atoms with Crippen molar-refractivity contribution in [2.75, 3.05) is 33.3 Å². The van der Waals surface area contributed by atoms with Crippen molar-refractivity contribution < 1.29 is 40.1 Å². The van der Waals surface area contributed by atoms with Crippen molar-refractivity contribution in [1.29, 1.82) is 0 Å². The summed E-state index contributed by atoms with van der Waals surface area (Å²) in [6, 6.07) is 19.5. The van der Waals surface area contributed by atoms with Gasteiger partial charge in [-0.1, -0.05) is 36.4 Å². The molecule has 47 heavy (non-hydrogen) atoms. The van der Waals surface area contributed by atoms with Gasteiger partial charge in [0.25, 0.3) is 5.91 Å². The third-order valence-corrected chi connectivity index (χ3v) is 9.42. The second-order valence-electron chi connectivity index (χ2n) is 11.6. The SMILES string of the molecule is CCN(CC)C(=O)c1ccc(C(c2cccc(OS(=O)(=O)C(F)(F)F)c2)N2C[C@@H](C)N(Cc3ccc(C(=O)OC)cc3)C[C@@H]2C)cc1. The zero-order chi connectivity index (χ0) is 34.5. The van der Waals surface area contributed by atoms with E-state index in [4.69, 9.17) is 4.74 Å². The number of ether oxygens (including phenoxy) is 1. The van der Waals surface area contributed by atoms with Gasteiger partial charge in [0.2, 0.25) is 0 Å². The Kier molecular flexibility index (Phi) is 11.4. The van der Waals surface area contributed by atoms with Gasteiger partial charge >= 0.3 is 21.6 Å². The molecule has 1 heterocycles. The molecule has 1 saturated heterocycles. The van der Waals surface area contributed by atoms with E-state index in [0.717, 1.165) is 11.1 Å². The molecule has 3 atom stereocenters. The van der Waals surface area contributed by atoms with Gasteiger partial charge in [-0.2, -0.15) is 21.6 Å². The van der Waals surface area contributed by atoms with Gasteiger partial charge in [-0.25, -0.2) is 4.79 Å². The average Bonchev–Trinajstić information content (AvgIpc) is 3.03. The smallest absolute Gasteiger partial charge is 0.465 e. The fourth-order valence-electron chi connectivity index (χ4n) is 5.89. The maximum absolute atomic E-state index is 13.1. The molecule has 0 aliphatic carbocycles. The summed E-state index contributed by atoms with van der Waals surface area (Å²) < 4.78 is 72.3. The lowest BCUT2D eigenvalue weighted by molar-refractivity contribution is -0.0500. The van der Waals surface area contributed by atoms with E-state index < -0.39 is 33.4 Å². The first kappa shape index (κ1) is 35.9. The number of piperazine rings is 1. The first-order valence-electron chi connectivity index (χ1n) is 15.4. The zero-order valence-electron chi connectivity index (χ0n) is 27.0. The first-order chi connectivity index (χ1) is 22.2. The van der Waals surface area contributed by atoms with E-state index in [1.807, 2.05) is 38.1 Å². The van der Waals surface area contributed by atoms with E-state index in [2.05, 4.69) is 27.8 Å². The Morgan fingerprint density at radius 1 is 0.894 bits per heavy atom. The molecule has 0 saturated carbocycles. The number of methoxy groups -OCH3 is 1. The molecule has 13 heteroatoms. The molecule has 1 fully saturated rings. The van der Waals surface area contributed by atoms with Crippen molar-refractivity contribution in [1.82, 2.24) is 14.7 Å². The fraction of sp³-hybridized carbons (Fsp3) is 0.412. The summed E-state index contributed by atoms with van der Waals surface area (Å²) in [6.45, 7) is 10.9. The maximum atomic E-state index is 13.1. The number of halogens is 3. The average molecular weight is 676 g/mol.